The van der Waals surface area contributed by atoms with E-state index in [1.165, 1.54) is 51.4 Å². The number of amides is 3. The monoisotopic (exact) mass is 686 g/mol. The number of nitrogen functional groups attached to an aromatic ring is 1. The second kappa shape index (κ2) is 17.4. The molecule has 0 saturated heterocycles. The fourth-order valence-electron chi connectivity index (χ4n) is 6.51. The first-order valence-corrected chi connectivity index (χ1v) is 17.7. The number of hydrogen-bond donors (Lipinski definition) is 4. The van der Waals surface area contributed by atoms with Crippen LogP contribution in [0.5, 0.6) is 0 Å². The van der Waals surface area contributed by atoms with Gasteiger partial charge in [-0.1, -0.05) is 92.1 Å². The summed E-state index contributed by atoms with van der Waals surface area (Å²) in [5, 5.41) is 11.9. The lowest BCUT2D eigenvalue weighted by molar-refractivity contribution is 0.0936. The molecule has 0 unspecified atom stereocenters. The molecule has 0 bridgehead atoms. The zero-order valence-corrected chi connectivity index (χ0v) is 28.7. The zero-order valence-electron chi connectivity index (χ0n) is 27.2. The molecule has 0 atom stereocenters. The maximum absolute atomic E-state index is 12.8. The third kappa shape index (κ3) is 9.97. The van der Waals surface area contributed by atoms with E-state index in [0.717, 1.165) is 30.2 Å². The highest BCUT2D eigenvalue weighted by Crippen LogP contribution is 2.26. The summed E-state index contributed by atoms with van der Waals surface area (Å²) in [6.07, 6.45) is 12.4. The van der Waals surface area contributed by atoms with Crippen LogP contribution >= 0.6 is 23.2 Å². The number of benzene rings is 4. The average Bonchev–Trinajstić information content (AvgIpc) is 3.12. The number of fused-ring (bicyclic) bond motifs is 1. The van der Waals surface area contributed by atoms with E-state index in [9.17, 15) is 14.4 Å². The Bertz CT molecular complexity index is 1730. The molecular formula is C39H44Cl2N4O3. The van der Waals surface area contributed by atoms with Crippen molar-refractivity contribution in [1.82, 2.24) is 10.6 Å². The molecule has 2 aliphatic rings. The normalized spacial score (nSPS) is 15.2. The maximum atomic E-state index is 12.8. The largest absolute Gasteiger partial charge is 0.398 e. The number of hydrogen-bond acceptors (Lipinski definition) is 4. The first-order chi connectivity index (χ1) is 23.3. The van der Waals surface area contributed by atoms with Gasteiger partial charge in [0, 0.05) is 34.4 Å². The van der Waals surface area contributed by atoms with E-state index in [4.69, 9.17) is 28.9 Å². The Morgan fingerprint density at radius 2 is 1.15 bits per heavy atom. The third-order valence-corrected chi connectivity index (χ3v) is 9.77. The number of halogens is 2. The molecule has 2 fully saturated rings. The molecule has 2 aliphatic carbocycles. The van der Waals surface area contributed by atoms with E-state index < -0.39 is 0 Å². The van der Waals surface area contributed by atoms with Gasteiger partial charge in [0.25, 0.3) is 17.7 Å². The Kier molecular flexibility index (Phi) is 12.7. The summed E-state index contributed by atoms with van der Waals surface area (Å²) in [7, 11) is 0. The average molecular weight is 688 g/mol. The molecule has 0 aliphatic heterocycles. The number of rotatable bonds is 8. The number of carbonyl (C=O) groups is 3. The SMILES string of the molecule is Nc1ccc(Cl)cc1C(=O)NCC1CCCCC1.O=C(Nc1ccc(Cl)cc1C(=O)NCC1CCCCC1)c1ccc2ccccc2c1. The Hall–Kier alpha value is -4.07. The van der Waals surface area contributed by atoms with Crippen molar-refractivity contribution in [2.75, 3.05) is 24.1 Å². The summed E-state index contributed by atoms with van der Waals surface area (Å²) >= 11 is 12.0. The van der Waals surface area contributed by atoms with Crippen molar-refractivity contribution in [3.63, 3.8) is 0 Å². The first-order valence-electron chi connectivity index (χ1n) is 17.0. The van der Waals surface area contributed by atoms with Crippen LogP contribution in [0.25, 0.3) is 10.8 Å². The van der Waals surface area contributed by atoms with Gasteiger partial charge in [-0.15, -0.1) is 0 Å². The number of nitrogens with two attached hydrogens (primary N) is 1. The number of nitrogens with one attached hydrogen (secondary N) is 3. The molecule has 5 N–H and O–H groups in total. The minimum atomic E-state index is -0.260. The van der Waals surface area contributed by atoms with E-state index >= 15 is 0 Å². The molecule has 0 spiro atoms. The molecule has 2 saturated carbocycles. The molecule has 4 aromatic rings. The van der Waals surface area contributed by atoms with Gasteiger partial charge in [0.2, 0.25) is 0 Å². The van der Waals surface area contributed by atoms with Gasteiger partial charge in [0.1, 0.15) is 0 Å². The predicted octanol–water partition coefficient (Wildman–Crippen LogP) is 9.29. The van der Waals surface area contributed by atoms with Crippen LogP contribution in [0, 0.1) is 11.8 Å². The molecular weight excluding hydrogens is 643 g/mol. The molecule has 7 nitrogen and oxygen atoms in total. The number of carbonyl (C=O) groups excluding carboxylic acids is 3. The van der Waals surface area contributed by atoms with Gasteiger partial charge in [-0.05, 0) is 96.8 Å². The molecule has 0 radical (unpaired) electrons. The van der Waals surface area contributed by atoms with Gasteiger partial charge in [0.15, 0.2) is 0 Å². The smallest absolute Gasteiger partial charge is 0.255 e. The van der Waals surface area contributed by atoms with Crippen LogP contribution in [0.2, 0.25) is 10.0 Å². The molecule has 4 aromatic carbocycles. The molecule has 6 rings (SSSR count). The van der Waals surface area contributed by atoms with E-state index in [0.29, 0.717) is 56.5 Å². The van der Waals surface area contributed by atoms with Crippen LogP contribution < -0.4 is 21.7 Å². The van der Waals surface area contributed by atoms with Crippen LogP contribution in [0.1, 0.15) is 95.3 Å². The van der Waals surface area contributed by atoms with Gasteiger partial charge in [-0.3, -0.25) is 14.4 Å². The van der Waals surface area contributed by atoms with Crippen LogP contribution in [0.4, 0.5) is 11.4 Å². The van der Waals surface area contributed by atoms with Crippen molar-refractivity contribution < 1.29 is 14.4 Å². The van der Waals surface area contributed by atoms with Gasteiger partial charge >= 0.3 is 0 Å². The molecule has 3 amide bonds. The maximum Gasteiger partial charge on any atom is 0.255 e. The van der Waals surface area contributed by atoms with Crippen LogP contribution in [-0.4, -0.2) is 30.8 Å². The first kappa shape index (κ1) is 35.2. The lowest BCUT2D eigenvalue weighted by atomic mass is 9.89. The quantitative estimate of drug-likeness (QED) is 0.138. The highest BCUT2D eigenvalue weighted by molar-refractivity contribution is 6.31. The van der Waals surface area contributed by atoms with Crippen molar-refractivity contribution in [2.45, 2.75) is 64.2 Å². The van der Waals surface area contributed by atoms with Crippen molar-refractivity contribution in [1.29, 1.82) is 0 Å². The summed E-state index contributed by atoms with van der Waals surface area (Å²) in [5.41, 5.74) is 8.10. The van der Waals surface area contributed by atoms with Crippen molar-refractivity contribution in [3.8, 4) is 0 Å². The second-order valence-corrected chi connectivity index (χ2v) is 13.7. The second-order valence-electron chi connectivity index (χ2n) is 12.9. The Labute approximate surface area is 293 Å². The summed E-state index contributed by atoms with van der Waals surface area (Å²) in [6, 6.07) is 23.4. The van der Waals surface area contributed by atoms with Gasteiger partial charge < -0.3 is 21.7 Å². The van der Waals surface area contributed by atoms with E-state index in [-0.39, 0.29) is 17.7 Å². The Morgan fingerprint density at radius 1 is 0.604 bits per heavy atom. The summed E-state index contributed by atoms with van der Waals surface area (Å²) < 4.78 is 0. The molecule has 9 heteroatoms. The van der Waals surface area contributed by atoms with Crippen molar-refractivity contribution in [3.05, 3.63) is 106 Å². The summed E-state index contributed by atoms with van der Waals surface area (Å²) in [4.78, 5) is 37.7. The fourth-order valence-corrected chi connectivity index (χ4v) is 6.85. The highest BCUT2D eigenvalue weighted by Gasteiger charge is 2.19. The Balaban J connectivity index is 0.000000214. The number of anilines is 2. The molecule has 0 aromatic heterocycles. The van der Waals surface area contributed by atoms with E-state index in [1.54, 1.807) is 42.5 Å². The van der Waals surface area contributed by atoms with Gasteiger partial charge in [0.05, 0.1) is 16.8 Å². The fraction of sp³-hybridized carbons (Fsp3) is 0.359. The van der Waals surface area contributed by atoms with Crippen LogP contribution in [-0.2, 0) is 0 Å². The minimum Gasteiger partial charge on any atom is -0.398 e. The standard InChI is InChI=1S/C25H25ClN2O2.C14H19ClN2O/c26-21-12-13-23(22(15-21)25(30)27-16-17-6-2-1-3-7-17)28-24(29)20-11-10-18-8-4-5-9-19(18)14-20;15-11-6-7-13(16)12(8-11)14(18)17-9-10-4-2-1-3-5-10/h4-5,8-15,17H,1-3,6-7,16H2,(H,27,30)(H,28,29);6-8,10H,1-5,9,16H2,(H,17,18). The van der Waals surface area contributed by atoms with Crippen LogP contribution in [0.3, 0.4) is 0 Å². The van der Waals surface area contributed by atoms with Gasteiger partial charge in [-0.25, -0.2) is 0 Å². The van der Waals surface area contributed by atoms with Gasteiger partial charge in [-0.2, -0.15) is 0 Å². The van der Waals surface area contributed by atoms with E-state index in [1.807, 2.05) is 36.4 Å². The zero-order chi connectivity index (χ0) is 33.9. The highest BCUT2D eigenvalue weighted by atomic mass is 35.5. The van der Waals surface area contributed by atoms with Crippen LogP contribution in [0.15, 0.2) is 78.9 Å². The Morgan fingerprint density at radius 3 is 1.77 bits per heavy atom. The summed E-state index contributed by atoms with van der Waals surface area (Å²) in [6.45, 7) is 1.40. The lowest BCUT2D eigenvalue weighted by Gasteiger charge is -2.22. The molecule has 252 valence electrons. The summed E-state index contributed by atoms with van der Waals surface area (Å²) in [5.74, 6) is 0.544. The molecule has 48 heavy (non-hydrogen) atoms. The lowest BCUT2D eigenvalue weighted by Crippen LogP contribution is -2.31. The van der Waals surface area contributed by atoms with Crippen molar-refractivity contribution in [2.24, 2.45) is 11.8 Å². The van der Waals surface area contributed by atoms with E-state index in [2.05, 4.69) is 16.0 Å². The van der Waals surface area contributed by atoms with Crippen molar-refractivity contribution >= 4 is 63.1 Å². The third-order valence-electron chi connectivity index (χ3n) is 9.30. The topological polar surface area (TPSA) is 113 Å². The molecule has 0 heterocycles. The minimum absolute atomic E-state index is 0.124. The predicted molar refractivity (Wildman–Crippen MR) is 197 cm³/mol.